The number of rotatable bonds is 7. The van der Waals surface area contributed by atoms with E-state index < -0.39 is 11.6 Å². The Morgan fingerprint density at radius 2 is 2.18 bits per heavy atom. The Bertz CT molecular complexity index is 646. The summed E-state index contributed by atoms with van der Waals surface area (Å²) in [7, 11) is 0. The molecule has 0 bridgehead atoms. The quantitative estimate of drug-likeness (QED) is 0.771. The SMILES string of the molecule is CCCSCC(=O)Nc1ncc(Cc2ccc(F)c(F)c2)s1. The number of nitrogens with one attached hydrogen (secondary N) is 1. The highest BCUT2D eigenvalue weighted by Crippen LogP contribution is 2.22. The highest BCUT2D eigenvalue weighted by molar-refractivity contribution is 7.99. The van der Waals surface area contributed by atoms with Gasteiger partial charge in [0.25, 0.3) is 0 Å². The largest absolute Gasteiger partial charge is 0.301 e. The normalized spacial score (nSPS) is 10.7. The van der Waals surface area contributed by atoms with Crippen molar-refractivity contribution in [3.63, 3.8) is 0 Å². The van der Waals surface area contributed by atoms with Crippen LogP contribution >= 0.6 is 23.1 Å². The average Bonchev–Trinajstić information content (AvgIpc) is 2.90. The zero-order valence-corrected chi connectivity index (χ0v) is 13.7. The summed E-state index contributed by atoms with van der Waals surface area (Å²) in [5.41, 5.74) is 0.666. The summed E-state index contributed by atoms with van der Waals surface area (Å²) >= 11 is 2.92. The molecule has 0 radical (unpaired) electrons. The van der Waals surface area contributed by atoms with E-state index in [1.165, 1.54) is 23.5 Å². The first-order chi connectivity index (χ1) is 10.6. The number of thiazole rings is 1. The van der Waals surface area contributed by atoms with Crippen LogP contribution in [-0.2, 0) is 11.2 Å². The third-order valence-corrected chi connectivity index (χ3v) is 4.82. The lowest BCUT2D eigenvalue weighted by Crippen LogP contribution is -2.13. The van der Waals surface area contributed by atoms with Crippen molar-refractivity contribution < 1.29 is 13.6 Å². The molecule has 0 fully saturated rings. The second-order valence-corrected chi connectivity index (χ2v) is 6.88. The number of halogens is 2. The van der Waals surface area contributed by atoms with Gasteiger partial charge in [-0.3, -0.25) is 4.79 Å². The number of anilines is 1. The summed E-state index contributed by atoms with van der Waals surface area (Å²) in [6, 6.07) is 3.83. The van der Waals surface area contributed by atoms with Gasteiger partial charge in [0.05, 0.1) is 5.75 Å². The highest BCUT2D eigenvalue weighted by atomic mass is 32.2. The molecular formula is C15H16F2N2OS2. The van der Waals surface area contributed by atoms with Gasteiger partial charge in [-0.2, -0.15) is 11.8 Å². The topological polar surface area (TPSA) is 42.0 Å². The van der Waals surface area contributed by atoms with Crippen molar-refractivity contribution in [2.75, 3.05) is 16.8 Å². The van der Waals surface area contributed by atoms with Gasteiger partial charge in [0.2, 0.25) is 5.91 Å². The predicted octanol–water partition coefficient (Wildman–Crippen LogP) is 4.09. The van der Waals surface area contributed by atoms with Crippen LogP contribution < -0.4 is 5.32 Å². The molecule has 1 aromatic carbocycles. The van der Waals surface area contributed by atoms with Gasteiger partial charge in [0, 0.05) is 17.5 Å². The lowest BCUT2D eigenvalue weighted by atomic mass is 10.1. The number of carbonyl (C=O) groups is 1. The number of benzene rings is 1. The first kappa shape index (κ1) is 16.9. The Morgan fingerprint density at radius 3 is 2.91 bits per heavy atom. The van der Waals surface area contributed by atoms with E-state index in [0.717, 1.165) is 23.1 Å². The van der Waals surface area contributed by atoms with E-state index in [9.17, 15) is 13.6 Å². The standard InChI is InChI=1S/C15H16F2N2OS2/c1-2-5-21-9-14(20)19-15-18-8-11(22-15)6-10-3-4-12(16)13(17)7-10/h3-4,7-8H,2,5-6,9H2,1H3,(H,18,19,20). The molecule has 2 aromatic rings. The number of hydrogen-bond acceptors (Lipinski definition) is 4. The molecular weight excluding hydrogens is 326 g/mol. The molecule has 7 heteroatoms. The van der Waals surface area contributed by atoms with Crippen molar-refractivity contribution in [2.45, 2.75) is 19.8 Å². The fourth-order valence-corrected chi connectivity index (χ4v) is 3.32. The van der Waals surface area contributed by atoms with Crippen LogP contribution in [0.2, 0.25) is 0 Å². The van der Waals surface area contributed by atoms with Crippen LogP contribution in [0.5, 0.6) is 0 Å². The van der Waals surface area contributed by atoms with Gasteiger partial charge in [0.1, 0.15) is 0 Å². The zero-order valence-electron chi connectivity index (χ0n) is 12.1. The Hall–Kier alpha value is -1.47. The number of nitrogens with zero attached hydrogens (tertiary/aromatic N) is 1. The molecule has 1 N–H and O–H groups in total. The minimum absolute atomic E-state index is 0.0767. The van der Waals surface area contributed by atoms with Crippen LogP contribution in [0.1, 0.15) is 23.8 Å². The summed E-state index contributed by atoms with van der Waals surface area (Å²) in [5.74, 6) is -0.431. The lowest BCUT2D eigenvalue weighted by molar-refractivity contribution is -0.113. The molecule has 1 heterocycles. The van der Waals surface area contributed by atoms with Crippen molar-refractivity contribution in [2.24, 2.45) is 0 Å². The number of amides is 1. The monoisotopic (exact) mass is 342 g/mol. The Morgan fingerprint density at radius 1 is 1.36 bits per heavy atom. The van der Waals surface area contributed by atoms with Gasteiger partial charge in [-0.15, -0.1) is 11.3 Å². The maximum atomic E-state index is 13.2. The van der Waals surface area contributed by atoms with Gasteiger partial charge >= 0.3 is 0 Å². The van der Waals surface area contributed by atoms with Crippen molar-refractivity contribution in [1.29, 1.82) is 0 Å². The molecule has 3 nitrogen and oxygen atoms in total. The second kappa shape index (κ2) is 8.24. The molecule has 1 amide bonds. The minimum Gasteiger partial charge on any atom is -0.301 e. The zero-order chi connectivity index (χ0) is 15.9. The third kappa shape index (κ3) is 5.06. The third-order valence-electron chi connectivity index (χ3n) is 2.74. The van der Waals surface area contributed by atoms with Crippen molar-refractivity contribution in [3.8, 4) is 0 Å². The summed E-state index contributed by atoms with van der Waals surface area (Å²) in [5, 5.41) is 3.27. The van der Waals surface area contributed by atoms with Gasteiger partial charge in [0.15, 0.2) is 16.8 Å². The molecule has 0 unspecified atom stereocenters. The van der Waals surface area contributed by atoms with E-state index in [-0.39, 0.29) is 5.91 Å². The Labute approximate surface area is 136 Å². The average molecular weight is 342 g/mol. The molecule has 0 aliphatic carbocycles. The van der Waals surface area contributed by atoms with Gasteiger partial charge in [-0.1, -0.05) is 13.0 Å². The maximum Gasteiger partial charge on any atom is 0.236 e. The second-order valence-electron chi connectivity index (χ2n) is 4.66. The van der Waals surface area contributed by atoms with E-state index in [1.54, 1.807) is 18.0 Å². The van der Waals surface area contributed by atoms with E-state index in [0.29, 0.717) is 22.9 Å². The molecule has 0 saturated heterocycles. The number of carbonyl (C=O) groups excluding carboxylic acids is 1. The van der Waals surface area contributed by atoms with Gasteiger partial charge in [-0.05, 0) is 29.9 Å². The predicted molar refractivity (Wildman–Crippen MR) is 87.5 cm³/mol. The molecule has 0 saturated carbocycles. The van der Waals surface area contributed by atoms with Crippen molar-refractivity contribution >= 4 is 34.1 Å². The van der Waals surface area contributed by atoms with Crippen LogP contribution in [0.4, 0.5) is 13.9 Å². The fraction of sp³-hybridized carbons (Fsp3) is 0.333. The van der Waals surface area contributed by atoms with Crippen LogP contribution in [0.3, 0.4) is 0 Å². The molecule has 0 spiro atoms. The molecule has 0 aliphatic heterocycles. The fourth-order valence-electron chi connectivity index (χ4n) is 1.76. The van der Waals surface area contributed by atoms with Crippen LogP contribution in [-0.4, -0.2) is 22.4 Å². The Kier molecular flexibility index (Phi) is 6.33. The lowest BCUT2D eigenvalue weighted by Gasteiger charge is -2.01. The number of thioether (sulfide) groups is 1. The number of aromatic nitrogens is 1. The summed E-state index contributed by atoms with van der Waals surface area (Å²) < 4.78 is 26.0. The summed E-state index contributed by atoms with van der Waals surface area (Å²) in [6.45, 7) is 2.07. The Balaban J connectivity index is 1.90. The smallest absolute Gasteiger partial charge is 0.236 e. The minimum atomic E-state index is -0.858. The highest BCUT2D eigenvalue weighted by Gasteiger charge is 2.09. The molecule has 22 heavy (non-hydrogen) atoms. The van der Waals surface area contributed by atoms with E-state index in [1.807, 2.05) is 0 Å². The first-order valence-corrected chi connectivity index (χ1v) is 8.82. The van der Waals surface area contributed by atoms with E-state index in [4.69, 9.17) is 0 Å². The summed E-state index contributed by atoms with van der Waals surface area (Å²) in [6.07, 6.45) is 3.13. The molecule has 0 atom stereocenters. The van der Waals surface area contributed by atoms with E-state index >= 15 is 0 Å². The van der Waals surface area contributed by atoms with E-state index in [2.05, 4.69) is 17.2 Å². The maximum absolute atomic E-state index is 13.2. The molecule has 2 rings (SSSR count). The first-order valence-electron chi connectivity index (χ1n) is 6.84. The van der Waals surface area contributed by atoms with Crippen LogP contribution in [0.25, 0.3) is 0 Å². The van der Waals surface area contributed by atoms with Gasteiger partial charge in [-0.25, -0.2) is 13.8 Å². The molecule has 118 valence electrons. The van der Waals surface area contributed by atoms with Crippen LogP contribution in [0.15, 0.2) is 24.4 Å². The van der Waals surface area contributed by atoms with Crippen molar-refractivity contribution in [3.05, 3.63) is 46.5 Å². The molecule has 1 aromatic heterocycles. The number of hydrogen-bond donors (Lipinski definition) is 1. The molecule has 0 aliphatic rings. The summed E-state index contributed by atoms with van der Waals surface area (Å²) in [4.78, 5) is 16.7. The van der Waals surface area contributed by atoms with Crippen molar-refractivity contribution in [1.82, 2.24) is 4.98 Å². The van der Waals surface area contributed by atoms with Gasteiger partial charge < -0.3 is 5.32 Å². The van der Waals surface area contributed by atoms with Crippen LogP contribution in [0, 0.1) is 11.6 Å².